The second-order valence-electron chi connectivity index (χ2n) is 5.53. The van der Waals surface area contributed by atoms with E-state index in [1.165, 1.54) is 16.4 Å². The highest BCUT2D eigenvalue weighted by molar-refractivity contribution is 7.89. The fourth-order valence-electron chi connectivity index (χ4n) is 2.32. The second kappa shape index (κ2) is 7.01. The Kier molecular flexibility index (Phi) is 5.87. The number of aryl methyl sites for hydroxylation is 2. The number of halogens is 1. The van der Waals surface area contributed by atoms with Gasteiger partial charge in [0.25, 0.3) is 0 Å². The molecule has 0 heterocycles. The minimum absolute atomic E-state index is 0.130. The van der Waals surface area contributed by atoms with Crippen molar-refractivity contribution in [2.75, 3.05) is 13.1 Å². The summed E-state index contributed by atoms with van der Waals surface area (Å²) in [7, 11) is -3.73. The Bertz CT molecular complexity index is 625. The van der Waals surface area contributed by atoms with Gasteiger partial charge in [-0.15, -0.1) is 0 Å². The highest BCUT2D eigenvalue weighted by atomic mass is 32.2. The van der Waals surface area contributed by atoms with Gasteiger partial charge < -0.3 is 0 Å². The molecule has 1 aromatic carbocycles. The topological polar surface area (TPSA) is 61.2 Å². The molecule has 0 unspecified atom stereocenters. The normalized spacial score (nSPS) is 11.9. The van der Waals surface area contributed by atoms with E-state index in [9.17, 15) is 12.8 Å². The third kappa shape index (κ3) is 4.26. The molecular formula is C15H21FN2O2S. The van der Waals surface area contributed by atoms with Gasteiger partial charge in [0.05, 0.1) is 11.0 Å². The minimum Gasteiger partial charge on any atom is -0.207 e. The van der Waals surface area contributed by atoms with E-state index in [4.69, 9.17) is 5.26 Å². The number of hydrogen-bond acceptors (Lipinski definition) is 3. The van der Waals surface area contributed by atoms with E-state index < -0.39 is 15.8 Å². The number of sulfonamides is 1. The van der Waals surface area contributed by atoms with Crippen molar-refractivity contribution in [3.05, 3.63) is 29.1 Å². The molecule has 21 heavy (non-hydrogen) atoms. The van der Waals surface area contributed by atoms with Gasteiger partial charge in [-0.2, -0.15) is 9.57 Å². The molecule has 116 valence electrons. The molecule has 1 aromatic rings. The average Bonchev–Trinajstić information content (AvgIpc) is 2.32. The molecule has 4 nitrogen and oxygen atoms in total. The summed E-state index contributed by atoms with van der Waals surface area (Å²) in [5.74, 6) is -0.309. The highest BCUT2D eigenvalue weighted by Crippen LogP contribution is 2.25. The fraction of sp³-hybridized carbons (Fsp3) is 0.533. The van der Waals surface area contributed by atoms with Gasteiger partial charge in [-0.3, -0.25) is 0 Å². The number of nitriles is 1. The van der Waals surface area contributed by atoms with Crippen molar-refractivity contribution in [1.29, 1.82) is 5.26 Å². The largest absolute Gasteiger partial charge is 0.243 e. The van der Waals surface area contributed by atoms with E-state index in [2.05, 4.69) is 0 Å². The predicted octanol–water partition coefficient (Wildman–Crippen LogP) is 3.00. The molecule has 0 atom stereocenters. The van der Waals surface area contributed by atoms with Crippen LogP contribution in [0, 0.1) is 36.9 Å². The highest BCUT2D eigenvalue weighted by Gasteiger charge is 2.28. The zero-order valence-electron chi connectivity index (χ0n) is 12.9. The molecule has 0 fully saturated rings. The molecule has 0 amide bonds. The zero-order valence-corrected chi connectivity index (χ0v) is 13.7. The Balaban J connectivity index is 3.32. The lowest BCUT2D eigenvalue weighted by Gasteiger charge is -2.25. The van der Waals surface area contributed by atoms with Gasteiger partial charge in [0.1, 0.15) is 5.82 Å². The molecule has 6 heteroatoms. The third-order valence-electron chi connectivity index (χ3n) is 3.06. The Morgan fingerprint density at radius 1 is 1.29 bits per heavy atom. The van der Waals surface area contributed by atoms with Crippen molar-refractivity contribution in [2.45, 2.75) is 39.0 Å². The molecule has 0 radical (unpaired) electrons. The molecular weight excluding hydrogens is 291 g/mol. The molecule has 0 aliphatic heterocycles. The van der Waals surface area contributed by atoms with E-state index >= 15 is 0 Å². The molecule has 0 saturated carbocycles. The van der Waals surface area contributed by atoms with Gasteiger partial charge in [0.15, 0.2) is 0 Å². The summed E-state index contributed by atoms with van der Waals surface area (Å²) >= 11 is 0. The lowest BCUT2D eigenvalue weighted by Crippen LogP contribution is -2.35. The summed E-state index contributed by atoms with van der Waals surface area (Å²) in [6.07, 6.45) is 0.130. The number of hydrogen-bond donors (Lipinski definition) is 0. The maximum absolute atomic E-state index is 13.4. The quantitative estimate of drug-likeness (QED) is 0.811. The van der Waals surface area contributed by atoms with Gasteiger partial charge in [-0.05, 0) is 43.0 Å². The van der Waals surface area contributed by atoms with Crippen LogP contribution in [0.4, 0.5) is 4.39 Å². The van der Waals surface area contributed by atoms with Crippen LogP contribution in [-0.4, -0.2) is 25.8 Å². The van der Waals surface area contributed by atoms with Crippen LogP contribution in [0.3, 0.4) is 0 Å². The number of rotatable bonds is 6. The van der Waals surface area contributed by atoms with E-state index in [-0.39, 0.29) is 23.8 Å². The molecule has 0 saturated heterocycles. The van der Waals surface area contributed by atoms with Gasteiger partial charge in [-0.1, -0.05) is 13.8 Å². The Labute approximate surface area is 126 Å². The lowest BCUT2D eigenvalue weighted by molar-refractivity contribution is 0.372. The summed E-state index contributed by atoms with van der Waals surface area (Å²) in [5.41, 5.74) is 0.774. The molecule has 0 bridgehead atoms. The Hall–Kier alpha value is -1.45. The first-order chi connectivity index (χ1) is 9.70. The van der Waals surface area contributed by atoms with Crippen molar-refractivity contribution < 1.29 is 12.8 Å². The third-order valence-corrected chi connectivity index (χ3v) is 5.24. The minimum atomic E-state index is -3.73. The summed E-state index contributed by atoms with van der Waals surface area (Å²) in [6.45, 7) is 7.48. The van der Waals surface area contributed by atoms with E-state index in [0.717, 1.165) is 0 Å². The van der Waals surface area contributed by atoms with E-state index in [0.29, 0.717) is 17.7 Å². The SMILES string of the molecule is Cc1cc(F)cc(C)c1S(=O)(=O)N(CCC#N)CC(C)C. The van der Waals surface area contributed by atoms with Crippen molar-refractivity contribution in [3.63, 3.8) is 0 Å². The van der Waals surface area contributed by atoms with Crippen molar-refractivity contribution in [1.82, 2.24) is 4.31 Å². The van der Waals surface area contributed by atoms with Gasteiger partial charge in [-0.25, -0.2) is 12.8 Å². The first-order valence-corrected chi connectivity index (χ1v) is 8.28. The molecule has 0 aliphatic rings. The van der Waals surface area contributed by atoms with Crippen LogP contribution in [0.1, 0.15) is 31.4 Å². The van der Waals surface area contributed by atoms with Gasteiger partial charge in [0.2, 0.25) is 10.0 Å². The van der Waals surface area contributed by atoms with Crippen LogP contribution >= 0.6 is 0 Å². The smallest absolute Gasteiger partial charge is 0.207 e. The second-order valence-corrected chi connectivity index (χ2v) is 7.41. The van der Waals surface area contributed by atoms with E-state index in [1.54, 1.807) is 13.8 Å². The molecule has 0 N–H and O–H groups in total. The summed E-state index contributed by atoms with van der Waals surface area (Å²) in [6, 6.07) is 4.41. The maximum atomic E-state index is 13.4. The van der Waals surface area contributed by atoms with Crippen LogP contribution in [0.15, 0.2) is 17.0 Å². The van der Waals surface area contributed by atoms with Crippen LogP contribution < -0.4 is 0 Å². The Morgan fingerprint density at radius 3 is 2.24 bits per heavy atom. The summed E-state index contributed by atoms with van der Waals surface area (Å²) in [4.78, 5) is 0.141. The van der Waals surface area contributed by atoms with Gasteiger partial charge >= 0.3 is 0 Å². The van der Waals surface area contributed by atoms with Crippen LogP contribution in [0.2, 0.25) is 0 Å². The van der Waals surface area contributed by atoms with Crippen molar-refractivity contribution in [3.8, 4) is 6.07 Å². The summed E-state index contributed by atoms with van der Waals surface area (Å²) in [5, 5.41) is 8.71. The monoisotopic (exact) mass is 312 g/mol. The van der Waals surface area contributed by atoms with Crippen LogP contribution in [0.25, 0.3) is 0 Å². The van der Waals surface area contributed by atoms with Gasteiger partial charge in [0, 0.05) is 19.5 Å². The molecule has 0 aromatic heterocycles. The average molecular weight is 312 g/mol. The summed E-state index contributed by atoms with van der Waals surface area (Å²) < 4.78 is 40.3. The predicted molar refractivity (Wildman–Crippen MR) is 79.7 cm³/mol. The van der Waals surface area contributed by atoms with Crippen LogP contribution in [-0.2, 0) is 10.0 Å². The zero-order chi connectivity index (χ0) is 16.2. The maximum Gasteiger partial charge on any atom is 0.243 e. The molecule has 1 rings (SSSR count). The standard InChI is InChI=1S/C15H21FN2O2S/c1-11(2)10-18(7-5-6-17)21(19,20)15-12(3)8-14(16)9-13(15)4/h8-9,11H,5,7,10H2,1-4H3. The number of benzene rings is 1. The first kappa shape index (κ1) is 17.6. The number of nitrogens with zero attached hydrogens (tertiary/aromatic N) is 2. The first-order valence-electron chi connectivity index (χ1n) is 6.84. The molecule has 0 aliphatic carbocycles. The lowest BCUT2D eigenvalue weighted by atomic mass is 10.1. The van der Waals surface area contributed by atoms with Crippen molar-refractivity contribution >= 4 is 10.0 Å². The van der Waals surface area contributed by atoms with Crippen LogP contribution in [0.5, 0.6) is 0 Å². The fourth-order valence-corrected chi connectivity index (χ4v) is 4.34. The molecule has 0 spiro atoms. The van der Waals surface area contributed by atoms with E-state index in [1.807, 2.05) is 19.9 Å². The Morgan fingerprint density at radius 2 is 1.81 bits per heavy atom. The van der Waals surface area contributed by atoms with Crippen molar-refractivity contribution in [2.24, 2.45) is 5.92 Å².